The van der Waals surface area contributed by atoms with E-state index in [1.807, 2.05) is 31.2 Å². The highest BCUT2D eigenvalue weighted by Gasteiger charge is 2.26. The van der Waals surface area contributed by atoms with Gasteiger partial charge in [-0.25, -0.2) is 10.4 Å². The molecule has 132 valence electrons. The average Bonchev–Trinajstić information content (AvgIpc) is 2.96. The molecule has 0 bridgehead atoms. The minimum atomic E-state index is -0.706. The maximum absolute atomic E-state index is 12.7. The predicted molar refractivity (Wildman–Crippen MR) is 100 cm³/mol. The maximum atomic E-state index is 12.7. The number of ketones is 1. The van der Waals surface area contributed by atoms with Gasteiger partial charge < -0.3 is 11.5 Å². The molecule has 0 saturated heterocycles. The molecule has 1 aromatic heterocycles. The number of nitrogens with one attached hydrogen (secondary N) is 1. The molecule has 0 amide bonds. The Morgan fingerprint density at radius 1 is 1.40 bits per heavy atom. The fourth-order valence-electron chi connectivity index (χ4n) is 2.98. The normalized spacial score (nSPS) is 18.6. The van der Waals surface area contributed by atoms with Crippen molar-refractivity contribution in [2.24, 2.45) is 16.6 Å². The van der Waals surface area contributed by atoms with Crippen molar-refractivity contribution >= 4 is 28.1 Å². The van der Waals surface area contributed by atoms with Crippen LogP contribution in [0.2, 0.25) is 0 Å². The molecule has 0 spiro atoms. The number of nitrogens with two attached hydrogens (primary N) is 3. The van der Waals surface area contributed by atoms with Crippen LogP contribution in [0.1, 0.15) is 34.2 Å². The van der Waals surface area contributed by atoms with E-state index in [9.17, 15) is 4.79 Å². The second-order valence-corrected chi connectivity index (χ2v) is 7.32. The molecular formula is C17H22N6OS. The molecule has 1 aromatic carbocycles. The standard InChI is InChI=1S/C17H22N6OS/c1-9-2-4-10(5-3-9)14(23-20)15(24)16(18)21-11-6-7-12-13(8-11)25-17(19)22-12/h2-5,11,14,23H,6-8,20H2,1H3,(H2,18,21)(H2,19,22). The van der Waals surface area contributed by atoms with Crippen molar-refractivity contribution < 1.29 is 4.79 Å². The highest BCUT2D eigenvalue weighted by atomic mass is 32.1. The fourth-order valence-corrected chi connectivity index (χ4v) is 3.93. The van der Waals surface area contributed by atoms with E-state index in [0.29, 0.717) is 11.6 Å². The molecule has 2 aromatic rings. The van der Waals surface area contributed by atoms with Crippen molar-refractivity contribution in [1.82, 2.24) is 10.4 Å². The highest BCUT2D eigenvalue weighted by molar-refractivity contribution is 7.15. The first-order valence-corrected chi connectivity index (χ1v) is 8.93. The van der Waals surface area contributed by atoms with Gasteiger partial charge in [-0.3, -0.25) is 15.6 Å². The topological polar surface area (TPSA) is 132 Å². The van der Waals surface area contributed by atoms with Gasteiger partial charge in [0.25, 0.3) is 0 Å². The minimum Gasteiger partial charge on any atom is -0.381 e. The van der Waals surface area contributed by atoms with Crippen molar-refractivity contribution in [2.75, 3.05) is 5.73 Å². The maximum Gasteiger partial charge on any atom is 0.219 e. The molecule has 2 unspecified atom stereocenters. The summed E-state index contributed by atoms with van der Waals surface area (Å²) in [5.41, 5.74) is 17.2. The molecular weight excluding hydrogens is 336 g/mol. The van der Waals surface area contributed by atoms with E-state index in [4.69, 9.17) is 17.3 Å². The van der Waals surface area contributed by atoms with E-state index < -0.39 is 6.04 Å². The van der Waals surface area contributed by atoms with Crippen LogP contribution in [0.4, 0.5) is 5.13 Å². The van der Waals surface area contributed by atoms with Crippen LogP contribution in [0.5, 0.6) is 0 Å². The van der Waals surface area contributed by atoms with E-state index in [1.54, 1.807) is 0 Å². The zero-order valence-electron chi connectivity index (χ0n) is 14.0. The van der Waals surface area contributed by atoms with Crippen molar-refractivity contribution in [1.29, 1.82) is 0 Å². The number of carbonyl (C=O) groups is 1. The summed E-state index contributed by atoms with van der Waals surface area (Å²) < 4.78 is 0. The molecule has 0 saturated carbocycles. The van der Waals surface area contributed by atoms with Gasteiger partial charge in [-0.2, -0.15) is 0 Å². The third kappa shape index (κ3) is 3.87. The summed E-state index contributed by atoms with van der Waals surface area (Å²) in [6.45, 7) is 1.98. The van der Waals surface area contributed by atoms with E-state index in [2.05, 4.69) is 15.4 Å². The Labute approximate surface area is 150 Å². The number of amidine groups is 1. The lowest BCUT2D eigenvalue weighted by atomic mass is 9.97. The molecule has 3 rings (SSSR count). The molecule has 7 nitrogen and oxygen atoms in total. The molecule has 0 aliphatic heterocycles. The summed E-state index contributed by atoms with van der Waals surface area (Å²) in [7, 11) is 0. The molecule has 8 heteroatoms. The number of anilines is 1. The van der Waals surface area contributed by atoms with Crippen LogP contribution in [-0.4, -0.2) is 22.6 Å². The molecule has 2 atom stereocenters. The Bertz CT molecular complexity index is 798. The second-order valence-electron chi connectivity index (χ2n) is 6.21. The number of aliphatic imine (C=N–C) groups is 1. The molecule has 1 aliphatic rings. The number of nitrogens with zero attached hydrogens (tertiary/aromatic N) is 2. The predicted octanol–water partition coefficient (Wildman–Crippen LogP) is 1.02. The monoisotopic (exact) mass is 358 g/mol. The van der Waals surface area contributed by atoms with E-state index in [0.717, 1.165) is 34.5 Å². The fraction of sp³-hybridized carbons (Fsp3) is 0.353. The van der Waals surface area contributed by atoms with Crippen LogP contribution in [0.15, 0.2) is 29.3 Å². The number of aryl methyl sites for hydroxylation is 2. The van der Waals surface area contributed by atoms with Gasteiger partial charge >= 0.3 is 0 Å². The summed E-state index contributed by atoms with van der Waals surface area (Å²) in [4.78, 5) is 22.5. The molecule has 1 heterocycles. The van der Waals surface area contributed by atoms with E-state index in [1.165, 1.54) is 11.3 Å². The first kappa shape index (κ1) is 17.5. The second kappa shape index (κ2) is 7.30. The van der Waals surface area contributed by atoms with E-state index >= 15 is 0 Å². The zero-order valence-corrected chi connectivity index (χ0v) is 14.8. The molecule has 0 radical (unpaired) electrons. The summed E-state index contributed by atoms with van der Waals surface area (Å²) in [6.07, 6.45) is 2.31. The van der Waals surface area contributed by atoms with Crippen molar-refractivity contribution in [3.05, 3.63) is 46.0 Å². The van der Waals surface area contributed by atoms with Gasteiger partial charge in [0.2, 0.25) is 5.78 Å². The van der Waals surface area contributed by atoms with Crippen LogP contribution in [0, 0.1) is 6.92 Å². The van der Waals surface area contributed by atoms with Crippen LogP contribution in [0.3, 0.4) is 0 Å². The molecule has 25 heavy (non-hydrogen) atoms. The summed E-state index contributed by atoms with van der Waals surface area (Å²) in [5, 5.41) is 0.574. The Kier molecular flexibility index (Phi) is 5.12. The van der Waals surface area contributed by atoms with Crippen LogP contribution in [-0.2, 0) is 17.6 Å². The Morgan fingerprint density at radius 2 is 2.12 bits per heavy atom. The van der Waals surface area contributed by atoms with Crippen molar-refractivity contribution in [3.63, 3.8) is 0 Å². The first-order chi connectivity index (χ1) is 12.0. The summed E-state index contributed by atoms with van der Waals surface area (Å²) >= 11 is 1.48. The van der Waals surface area contributed by atoms with Crippen LogP contribution >= 0.6 is 11.3 Å². The number of Topliss-reactive ketones (excluding diaryl/α,β-unsaturated/α-hetero) is 1. The van der Waals surface area contributed by atoms with Gasteiger partial charge in [0.05, 0.1) is 11.7 Å². The van der Waals surface area contributed by atoms with Crippen LogP contribution in [0.25, 0.3) is 0 Å². The number of fused-ring (bicyclic) bond motifs is 1. The number of hydrazine groups is 1. The third-order valence-electron chi connectivity index (χ3n) is 4.34. The number of hydrogen-bond acceptors (Lipinski definition) is 7. The number of benzene rings is 1. The zero-order chi connectivity index (χ0) is 18.0. The van der Waals surface area contributed by atoms with Crippen molar-refractivity contribution in [2.45, 2.75) is 38.3 Å². The van der Waals surface area contributed by atoms with Crippen LogP contribution < -0.4 is 22.7 Å². The number of aromatic nitrogens is 1. The summed E-state index contributed by atoms with van der Waals surface area (Å²) in [5.74, 6) is 5.26. The third-order valence-corrected chi connectivity index (χ3v) is 5.29. The number of thiazole rings is 1. The smallest absolute Gasteiger partial charge is 0.219 e. The Balaban J connectivity index is 1.74. The number of carbonyl (C=O) groups excluding carboxylic acids is 1. The van der Waals surface area contributed by atoms with Gasteiger partial charge in [0.1, 0.15) is 6.04 Å². The van der Waals surface area contributed by atoms with Gasteiger partial charge in [-0.15, -0.1) is 11.3 Å². The number of hydrogen-bond donors (Lipinski definition) is 4. The highest BCUT2D eigenvalue weighted by Crippen LogP contribution is 2.29. The first-order valence-electron chi connectivity index (χ1n) is 8.12. The molecule has 0 fully saturated rings. The molecule has 7 N–H and O–H groups in total. The summed E-state index contributed by atoms with van der Waals surface area (Å²) in [6, 6.07) is 6.83. The lowest BCUT2D eigenvalue weighted by Gasteiger charge is -2.19. The SMILES string of the molecule is Cc1ccc(C(NN)C(=O)C(N)=NC2CCc3nc(N)sc3C2)cc1. The quantitative estimate of drug-likeness (QED) is 0.273. The Morgan fingerprint density at radius 3 is 2.80 bits per heavy atom. The Hall–Kier alpha value is -2.29. The van der Waals surface area contributed by atoms with Gasteiger partial charge in [-0.05, 0) is 25.3 Å². The van der Waals surface area contributed by atoms with Gasteiger partial charge in [-0.1, -0.05) is 29.8 Å². The minimum absolute atomic E-state index is 0.00513. The van der Waals surface area contributed by atoms with E-state index in [-0.39, 0.29) is 17.7 Å². The largest absolute Gasteiger partial charge is 0.381 e. The van der Waals surface area contributed by atoms with Gasteiger partial charge in [0, 0.05) is 11.3 Å². The lowest BCUT2D eigenvalue weighted by Crippen LogP contribution is -2.41. The van der Waals surface area contributed by atoms with Gasteiger partial charge in [0.15, 0.2) is 11.0 Å². The molecule has 1 aliphatic carbocycles. The number of nitrogen functional groups attached to an aromatic ring is 1. The average molecular weight is 358 g/mol. The lowest BCUT2D eigenvalue weighted by molar-refractivity contribution is -0.115. The van der Waals surface area contributed by atoms with Crippen molar-refractivity contribution in [3.8, 4) is 0 Å². The number of rotatable bonds is 5.